The van der Waals surface area contributed by atoms with Crippen LogP contribution in [0.15, 0.2) is 18.2 Å². The van der Waals surface area contributed by atoms with E-state index in [1.807, 2.05) is 6.07 Å². The van der Waals surface area contributed by atoms with Gasteiger partial charge in [-0.1, -0.05) is 6.07 Å². The molecule has 1 aromatic rings. The number of ether oxygens (including phenoxy) is 1. The van der Waals surface area contributed by atoms with Crippen LogP contribution in [0.5, 0.6) is 0 Å². The van der Waals surface area contributed by atoms with Crippen LogP contribution in [-0.4, -0.2) is 13.1 Å². The van der Waals surface area contributed by atoms with Crippen LogP contribution < -0.4 is 11.3 Å². The van der Waals surface area contributed by atoms with Crippen molar-refractivity contribution in [3.8, 4) is 6.07 Å². The molecule has 5 heteroatoms. The molecule has 0 atom stereocenters. The number of hydrogen-bond acceptors (Lipinski definition) is 5. The number of carbonyl (C=O) groups is 1. The Balaban J connectivity index is 3.31. The van der Waals surface area contributed by atoms with E-state index in [-0.39, 0.29) is 11.1 Å². The summed E-state index contributed by atoms with van der Waals surface area (Å²) in [6.45, 7) is 0. The van der Waals surface area contributed by atoms with Crippen molar-refractivity contribution in [1.29, 1.82) is 5.26 Å². The van der Waals surface area contributed by atoms with Gasteiger partial charge in [0, 0.05) is 0 Å². The van der Waals surface area contributed by atoms with Gasteiger partial charge in [-0.15, -0.1) is 0 Å². The van der Waals surface area contributed by atoms with Crippen LogP contribution in [0.25, 0.3) is 0 Å². The third-order valence-corrected chi connectivity index (χ3v) is 1.74. The smallest absolute Gasteiger partial charge is 0.339 e. The molecule has 0 aliphatic carbocycles. The van der Waals surface area contributed by atoms with Gasteiger partial charge >= 0.3 is 5.97 Å². The molecule has 5 nitrogen and oxygen atoms in total. The average molecular weight is 191 g/mol. The van der Waals surface area contributed by atoms with E-state index in [4.69, 9.17) is 11.1 Å². The zero-order chi connectivity index (χ0) is 10.6. The van der Waals surface area contributed by atoms with Crippen molar-refractivity contribution in [3.05, 3.63) is 29.3 Å². The number of rotatable bonds is 2. The van der Waals surface area contributed by atoms with Gasteiger partial charge < -0.3 is 10.2 Å². The second kappa shape index (κ2) is 4.25. The summed E-state index contributed by atoms with van der Waals surface area (Å²) in [5.74, 6) is 4.63. The van der Waals surface area contributed by atoms with E-state index < -0.39 is 5.97 Å². The number of hydrazine groups is 1. The molecule has 0 amide bonds. The molecule has 0 bridgehead atoms. The highest BCUT2D eigenvalue weighted by Gasteiger charge is 2.14. The lowest BCUT2D eigenvalue weighted by Gasteiger charge is -2.06. The molecule has 0 saturated carbocycles. The molecule has 0 aliphatic heterocycles. The van der Waals surface area contributed by atoms with Crippen LogP contribution in [0.4, 0.5) is 5.69 Å². The maximum Gasteiger partial charge on any atom is 0.339 e. The number of nitrogens with one attached hydrogen (secondary N) is 1. The Morgan fingerprint density at radius 3 is 2.86 bits per heavy atom. The highest BCUT2D eigenvalue weighted by Crippen LogP contribution is 2.18. The zero-order valence-corrected chi connectivity index (χ0v) is 7.57. The number of esters is 1. The Bertz CT molecular complexity index is 396. The van der Waals surface area contributed by atoms with Crippen LogP contribution in [-0.2, 0) is 4.74 Å². The zero-order valence-electron chi connectivity index (χ0n) is 7.57. The van der Waals surface area contributed by atoms with Gasteiger partial charge in [-0.2, -0.15) is 5.26 Å². The van der Waals surface area contributed by atoms with Crippen LogP contribution in [0.1, 0.15) is 15.9 Å². The number of nitriles is 1. The number of methoxy groups -OCH3 is 1. The molecule has 0 saturated heterocycles. The SMILES string of the molecule is COC(=O)c1cccc(NN)c1C#N. The summed E-state index contributed by atoms with van der Waals surface area (Å²) >= 11 is 0. The Labute approximate surface area is 81.1 Å². The Morgan fingerprint density at radius 1 is 1.64 bits per heavy atom. The summed E-state index contributed by atoms with van der Waals surface area (Å²) < 4.78 is 4.52. The van der Waals surface area contributed by atoms with Crippen molar-refractivity contribution >= 4 is 11.7 Å². The summed E-state index contributed by atoms with van der Waals surface area (Å²) in [6, 6.07) is 6.61. The first-order chi connectivity index (χ1) is 6.74. The molecule has 0 aromatic heterocycles. The van der Waals surface area contributed by atoms with Gasteiger partial charge in [0.2, 0.25) is 0 Å². The predicted octanol–water partition coefficient (Wildman–Crippen LogP) is 0.630. The van der Waals surface area contributed by atoms with E-state index in [9.17, 15) is 4.79 Å². The van der Waals surface area contributed by atoms with Gasteiger partial charge in [0.05, 0.1) is 23.9 Å². The van der Waals surface area contributed by atoms with Crippen molar-refractivity contribution in [3.63, 3.8) is 0 Å². The van der Waals surface area contributed by atoms with Gasteiger partial charge in [0.1, 0.15) is 6.07 Å². The normalized spacial score (nSPS) is 8.93. The van der Waals surface area contributed by atoms with Gasteiger partial charge in [-0.05, 0) is 12.1 Å². The van der Waals surface area contributed by atoms with E-state index in [2.05, 4.69) is 10.2 Å². The molecule has 0 spiro atoms. The Morgan fingerprint density at radius 2 is 2.36 bits per heavy atom. The molecule has 0 radical (unpaired) electrons. The van der Waals surface area contributed by atoms with Crippen LogP contribution >= 0.6 is 0 Å². The van der Waals surface area contributed by atoms with E-state index >= 15 is 0 Å². The molecule has 3 N–H and O–H groups in total. The third-order valence-electron chi connectivity index (χ3n) is 1.74. The van der Waals surface area contributed by atoms with Gasteiger partial charge in [-0.3, -0.25) is 5.84 Å². The highest BCUT2D eigenvalue weighted by molar-refractivity contribution is 5.94. The third kappa shape index (κ3) is 1.65. The fourth-order valence-corrected chi connectivity index (χ4v) is 1.07. The first-order valence-corrected chi connectivity index (χ1v) is 3.82. The lowest BCUT2D eigenvalue weighted by Crippen LogP contribution is -2.11. The van der Waals surface area contributed by atoms with Crippen molar-refractivity contribution in [1.82, 2.24) is 0 Å². The highest BCUT2D eigenvalue weighted by atomic mass is 16.5. The fraction of sp³-hybridized carbons (Fsp3) is 0.111. The summed E-state index contributed by atoms with van der Waals surface area (Å²) in [5.41, 5.74) is 3.12. The molecule has 0 unspecified atom stereocenters. The molecule has 72 valence electrons. The molecule has 1 rings (SSSR count). The minimum Gasteiger partial charge on any atom is -0.465 e. The number of nitrogen functional groups attached to an aromatic ring is 1. The lowest BCUT2D eigenvalue weighted by molar-refractivity contribution is 0.0600. The first kappa shape index (κ1) is 10.0. The van der Waals surface area contributed by atoms with Crippen molar-refractivity contribution in [2.24, 2.45) is 5.84 Å². The van der Waals surface area contributed by atoms with Crippen molar-refractivity contribution < 1.29 is 9.53 Å². The second-order valence-corrected chi connectivity index (χ2v) is 2.48. The van der Waals surface area contributed by atoms with Gasteiger partial charge in [-0.25, -0.2) is 4.79 Å². The number of nitrogens with two attached hydrogens (primary N) is 1. The number of hydrogen-bond donors (Lipinski definition) is 2. The standard InChI is InChI=1S/C9H9N3O2/c1-14-9(13)6-3-2-4-8(12-11)7(6)5-10/h2-4,12H,11H2,1H3. The largest absolute Gasteiger partial charge is 0.465 e. The molecule has 0 aliphatic rings. The summed E-state index contributed by atoms with van der Waals surface area (Å²) in [6.07, 6.45) is 0. The van der Waals surface area contributed by atoms with E-state index in [0.29, 0.717) is 5.69 Å². The number of carbonyl (C=O) groups excluding carboxylic acids is 1. The van der Waals surface area contributed by atoms with Gasteiger partial charge in [0.25, 0.3) is 0 Å². The summed E-state index contributed by atoms with van der Waals surface area (Å²) in [5, 5.41) is 8.82. The minimum absolute atomic E-state index is 0.182. The van der Waals surface area contributed by atoms with Gasteiger partial charge in [0.15, 0.2) is 0 Å². The van der Waals surface area contributed by atoms with Crippen molar-refractivity contribution in [2.45, 2.75) is 0 Å². The summed E-state index contributed by atoms with van der Waals surface area (Å²) in [4.78, 5) is 11.2. The monoisotopic (exact) mass is 191 g/mol. The topological polar surface area (TPSA) is 88.1 Å². The average Bonchev–Trinajstić information content (AvgIpc) is 2.26. The molecule has 0 heterocycles. The number of benzene rings is 1. The molecular weight excluding hydrogens is 182 g/mol. The first-order valence-electron chi connectivity index (χ1n) is 3.82. The fourth-order valence-electron chi connectivity index (χ4n) is 1.07. The number of nitrogens with zero attached hydrogens (tertiary/aromatic N) is 1. The Kier molecular flexibility index (Phi) is 3.05. The lowest BCUT2D eigenvalue weighted by atomic mass is 10.1. The molecular formula is C9H9N3O2. The van der Waals surface area contributed by atoms with Crippen LogP contribution in [0, 0.1) is 11.3 Å². The van der Waals surface area contributed by atoms with E-state index in [1.54, 1.807) is 12.1 Å². The molecule has 1 aromatic carbocycles. The van der Waals surface area contributed by atoms with Crippen LogP contribution in [0.3, 0.4) is 0 Å². The second-order valence-electron chi connectivity index (χ2n) is 2.48. The van der Waals surface area contributed by atoms with E-state index in [1.165, 1.54) is 13.2 Å². The molecule has 0 fully saturated rings. The minimum atomic E-state index is -0.557. The maximum atomic E-state index is 11.2. The van der Waals surface area contributed by atoms with E-state index in [0.717, 1.165) is 0 Å². The van der Waals surface area contributed by atoms with Crippen LogP contribution in [0.2, 0.25) is 0 Å². The Hall–Kier alpha value is -2.06. The quantitative estimate of drug-likeness (QED) is 0.406. The maximum absolute atomic E-state index is 11.2. The summed E-state index contributed by atoms with van der Waals surface area (Å²) in [7, 11) is 1.26. The number of anilines is 1. The molecule has 14 heavy (non-hydrogen) atoms. The predicted molar refractivity (Wildman–Crippen MR) is 50.3 cm³/mol. The van der Waals surface area contributed by atoms with Crippen molar-refractivity contribution in [2.75, 3.05) is 12.5 Å².